The van der Waals surface area contributed by atoms with E-state index in [4.69, 9.17) is 10.2 Å². The molecule has 0 aromatic carbocycles. The van der Waals surface area contributed by atoms with Crippen molar-refractivity contribution < 1.29 is 0 Å². The lowest BCUT2D eigenvalue weighted by Gasteiger charge is -2.39. The lowest BCUT2D eigenvalue weighted by Crippen LogP contribution is -2.47. The van der Waals surface area contributed by atoms with E-state index >= 15 is 0 Å². The molecule has 3 aromatic rings. The lowest BCUT2D eigenvalue weighted by atomic mass is 9.97. The third-order valence-electron chi connectivity index (χ3n) is 6.89. The number of hydrogen-bond acceptors (Lipinski definition) is 8. The highest BCUT2D eigenvalue weighted by Gasteiger charge is 2.40. The Bertz CT molecular complexity index is 1240. The Morgan fingerprint density at radius 1 is 1.32 bits per heavy atom. The number of fused-ring (bicyclic) bond motifs is 3. The van der Waals surface area contributed by atoms with Gasteiger partial charge in [0.2, 0.25) is 0 Å². The number of aromatic amines is 1. The molecule has 2 saturated heterocycles. The van der Waals surface area contributed by atoms with E-state index in [0.29, 0.717) is 36.2 Å². The van der Waals surface area contributed by atoms with E-state index in [9.17, 15) is 0 Å². The molecule has 0 aliphatic carbocycles. The highest BCUT2D eigenvalue weighted by atomic mass is 15.2. The number of nitriles is 1. The topological polar surface area (TPSA) is 118 Å². The third kappa shape index (κ3) is 4.37. The molecule has 2 aliphatic rings. The Morgan fingerprint density at radius 3 is 2.91 bits per heavy atom. The molecule has 3 atom stereocenters. The third-order valence-corrected chi connectivity index (χ3v) is 6.89. The second-order valence-electron chi connectivity index (χ2n) is 9.00. The molecule has 0 saturated carbocycles. The van der Waals surface area contributed by atoms with Gasteiger partial charge >= 0.3 is 0 Å². The summed E-state index contributed by atoms with van der Waals surface area (Å²) < 4.78 is 0. The normalized spacial score (nSPS) is 22.2. The lowest BCUT2D eigenvalue weighted by molar-refractivity contribution is 0.136. The number of rotatable bonds is 8. The fourth-order valence-electron chi connectivity index (χ4n) is 5.36. The van der Waals surface area contributed by atoms with Crippen LogP contribution in [0.5, 0.6) is 0 Å². The first kappa shape index (κ1) is 22.0. The number of hydrogen-bond donors (Lipinski definition) is 3. The Morgan fingerprint density at radius 2 is 2.15 bits per heavy atom. The van der Waals surface area contributed by atoms with Gasteiger partial charge in [0.15, 0.2) is 5.82 Å². The molecular weight excluding hydrogens is 426 g/mol. The number of aryl methyl sites for hydroxylation is 1. The Labute approximate surface area is 199 Å². The molecule has 5 heterocycles. The van der Waals surface area contributed by atoms with Gasteiger partial charge in [-0.25, -0.2) is 4.98 Å². The minimum atomic E-state index is 0.340. The molecule has 2 bridgehead atoms. The average Bonchev–Trinajstić information content (AvgIpc) is 3.30. The number of pyridine rings is 2. The van der Waals surface area contributed by atoms with Crippen molar-refractivity contribution in [2.75, 3.05) is 17.2 Å². The maximum Gasteiger partial charge on any atom is 0.160 e. The van der Waals surface area contributed by atoms with Gasteiger partial charge in [-0.3, -0.25) is 20.0 Å². The number of anilines is 3. The van der Waals surface area contributed by atoms with Crippen molar-refractivity contribution in [2.45, 2.75) is 57.2 Å². The zero-order chi connectivity index (χ0) is 23.5. The van der Waals surface area contributed by atoms with Gasteiger partial charge < -0.3 is 10.6 Å². The Balaban J connectivity index is 1.40. The summed E-state index contributed by atoms with van der Waals surface area (Å²) in [6, 6.07) is 9.65. The summed E-state index contributed by atoms with van der Waals surface area (Å²) in [5.41, 5.74) is 2.71. The van der Waals surface area contributed by atoms with E-state index in [2.05, 4.69) is 54.6 Å². The molecule has 1 unspecified atom stereocenters. The van der Waals surface area contributed by atoms with Crippen LogP contribution in [0.15, 0.2) is 35.6 Å². The van der Waals surface area contributed by atoms with E-state index in [0.717, 1.165) is 47.4 Å². The first-order chi connectivity index (χ1) is 16.7. The van der Waals surface area contributed by atoms with E-state index in [1.807, 2.05) is 25.1 Å². The summed E-state index contributed by atoms with van der Waals surface area (Å²) >= 11 is 0. The van der Waals surface area contributed by atoms with Crippen molar-refractivity contribution in [1.29, 1.82) is 5.26 Å². The SMILES string of the molecule is C=N/C=C\c1c(Nc2cc3ncccc3c(NC3C[C@H]4CC[C@@H](C3)N4CCC#N)n2)n[nH]c1C. The monoisotopic (exact) mass is 455 g/mol. The molecule has 5 rings (SSSR count). The smallest absolute Gasteiger partial charge is 0.160 e. The summed E-state index contributed by atoms with van der Waals surface area (Å²) in [4.78, 5) is 15.9. The van der Waals surface area contributed by atoms with Crippen LogP contribution in [0.2, 0.25) is 0 Å². The molecule has 34 heavy (non-hydrogen) atoms. The molecule has 2 aliphatic heterocycles. The van der Waals surface area contributed by atoms with Crippen LogP contribution in [0.25, 0.3) is 17.0 Å². The van der Waals surface area contributed by atoms with Crippen molar-refractivity contribution in [3.05, 3.63) is 41.9 Å². The number of aromatic nitrogens is 4. The van der Waals surface area contributed by atoms with Gasteiger partial charge in [-0.05, 0) is 57.5 Å². The molecule has 0 spiro atoms. The molecule has 174 valence electrons. The van der Waals surface area contributed by atoms with Crippen LogP contribution in [-0.4, -0.2) is 56.5 Å². The second kappa shape index (κ2) is 9.61. The van der Waals surface area contributed by atoms with Crippen molar-refractivity contribution >= 4 is 41.2 Å². The van der Waals surface area contributed by atoms with Crippen LogP contribution < -0.4 is 10.6 Å². The van der Waals surface area contributed by atoms with Crippen LogP contribution >= 0.6 is 0 Å². The number of aliphatic imine (C=N–C) groups is 1. The summed E-state index contributed by atoms with van der Waals surface area (Å²) in [6.07, 6.45) is 10.4. The van der Waals surface area contributed by atoms with E-state index in [-0.39, 0.29) is 0 Å². The fraction of sp³-hybridized carbons (Fsp3) is 0.400. The van der Waals surface area contributed by atoms with E-state index in [1.165, 1.54) is 12.8 Å². The molecule has 9 nitrogen and oxygen atoms in total. The zero-order valence-electron chi connectivity index (χ0n) is 19.3. The second-order valence-corrected chi connectivity index (χ2v) is 9.00. The number of H-pyrrole nitrogens is 1. The van der Waals surface area contributed by atoms with Crippen LogP contribution in [0.4, 0.5) is 17.5 Å². The number of nitrogens with zero attached hydrogens (tertiary/aromatic N) is 6. The molecule has 2 fully saturated rings. The molecular formula is C25H29N9. The van der Waals surface area contributed by atoms with Gasteiger partial charge in [0.05, 0.1) is 11.6 Å². The van der Waals surface area contributed by atoms with E-state index < -0.39 is 0 Å². The quantitative estimate of drug-likeness (QED) is 0.431. The van der Waals surface area contributed by atoms with Crippen molar-refractivity contribution in [3.63, 3.8) is 0 Å². The molecule has 0 amide bonds. The van der Waals surface area contributed by atoms with Crippen LogP contribution in [-0.2, 0) is 0 Å². The molecule has 3 N–H and O–H groups in total. The maximum atomic E-state index is 9.00. The van der Waals surface area contributed by atoms with Crippen LogP contribution in [0, 0.1) is 18.3 Å². The Hall–Kier alpha value is -3.77. The molecule has 3 aromatic heterocycles. The summed E-state index contributed by atoms with van der Waals surface area (Å²) in [7, 11) is 0. The van der Waals surface area contributed by atoms with Gasteiger partial charge in [-0.2, -0.15) is 10.4 Å². The van der Waals surface area contributed by atoms with Crippen LogP contribution in [0.3, 0.4) is 0 Å². The van der Waals surface area contributed by atoms with Gasteiger partial charge in [0, 0.05) is 66.2 Å². The molecule has 0 radical (unpaired) electrons. The minimum Gasteiger partial charge on any atom is -0.367 e. The highest BCUT2D eigenvalue weighted by Crippen LogP contribution is 2.37. The standard InChI is InChI=1S/C25H29N9/c1-16-20(8-11-27-2)25(33-32-16)31-23-15-22-21(5-3-10-28-22)24(30-23)29-17-13-18-6-7-19(14-17)34(18)12-4-9-26/h3,5,8,10-11,15,17-19H,2,4,6-7,12-14H2,1H3,(H3,29,30,31,32,33)/b11-8-/t17?,18-,19+. The van der Waals surface area contributed by atoms with Crippen LogP contribution in [0.1, 0.15) is 43.4 Å². The predicted octanol–water partition coefficient (Wildman–Crippen LogP) is 4.40. The van der Waals surface area contributed by atoms with Gasteiger partial charge in [0.1, 0.15) is 11.6 Å². The first-order valence-corrected chi connectivity index (χ1v) is 11.8. The molecule has 9 heteroatoms. The fourth-order valence-corrected chi connectivity index (χ4v) is 5.36. The van der Waals surface area contributed by atoms with Crippen molar-refractivity contribution in [3.8, 4) is 6.07 Å². The van der Waals surface area contributed by atoms with Gasteiger partial charge in [0.25, 0.3) is 0 Å². The number of nitrogens with one attached hydrogen (secondary N) is 3. The van der Waals surface area contributed by atoms with Crippen molar-refractivity contribution in [1.82, 2.24) is 25.1 Å². The van der Waals surface area contributed by atoms with E-state index in [1.54, 1.807) is 12.4 Å². The minimum absolute atomic E-state index is 0.340. The average molecular weight is 456 g/mol. The maximum absolute atomic E-state index is 9.00. The van der Waals surface area contributed by atoms with Crippen molar-refractivity contribution in [2.24, 2.45) is 4.99 Å². The largest absolute Gasteiger partial charge is 0.367 e. The summed E-state index contributed by atoms with van der Waals surface area (Å²) in [5, 5.41) is 24.5. The number of piperidine rings is 1. The highest BCUT2D eigenvalue weighted by molar-refractivity contribution is 5.91. The predicted molar refractivity (Wildman–Crippen MR) is 135 cm³/mol. The first-order valence-electron chi connectivity index (χ1n) is 11.8. The Kier molecular flexibility index (Phi) is 6.23. The van der Waals surface area contributed by atoms with Gasteiger partial charge in [-0.15, -0.1) is 0 Å². The van der Waals surface area contributed by atoms with Gasteiger partial charge in [-0.1, -0.05) is 0 Å². The summed E-state index contributed by atoms with van der Waals surface area (Å²) in [6.45, 7) is 6.34. The zero-order valence-corrected chi connectivity index (χ0v) is 19.3. The summed E-state index contributed by atoms with van der Waals surface area (Å²) in [5.74, 6) is 2.19.